The first-order chi connectivity index (χ1) is 9.06. The number of nitrogens with two attached hydrogens (primary N) is 1. The molecule has 0 fully saturated rings. The van der Waals surface area contributed by atoms with E-state index in [1.807, 2.05) is 0 Å². The zero-order chi connectivity index (χ0) is 14.3. The van der Waals surface area contributed by atoms with E-state index < -0.39 is 5.82 Å². The molecule has 0 saturated carbocycles. The Hall–Kier alpha value is -1.70. The third kappa shape index (κ3) is 5.21. The van der Waals surface area contributed by atoms with Gasteiger partial charge in [0.1, 0.15) is 5.82 Å². The molecule has 0 radical (unpaired) electrons. The van der Waals surface area contributed by atoms with Crippen LogP contribution in [0.15, 0.2) is 18.2 Å². The van der Waals surface area contributed by atoms with Crippen molar-refractivity contribution in [2.24, 2.45) is 0 Å². The zero-order valence-corrected chi connectivity index (χ0v) is 10.5. The van der Waals surface area contributed by atoms with Gasteiger partial charge in [0.15, 0.2) is 0 Å². The molecule has 0 bridgehead atoms. The molecule has 0 atom stereocenters. The number of aliphatic hydroxyl groups excluding tert-OH is 2. The Kier molecular flexibility index (Phi) is 6.20. The van der Waals surface area contributed by atoms with Crippen LogP contribution in [0.3, 0.4) is 0 Å². The summed E-state index contributed by atoms with van der Waals surface area (Å²) in [4.78, 5) is 13.3. The summed E-state index contributed by atoms with van der Waals surface area (Å²) in [6.07, 6.45) is 0. The van der Waals surface area contributed by atoms with E-state index in [0.29, 0.717) is 18.8 Å². The van der Waals surface area contributed by atoms with E-state index in [-0.39, 0.29) is 31.4 Å². The van der Waals surface area contributed by atoms with Gasteiger partial charge in [0.25, 0.3) is 0 Å². The zero-order valence-electron chi connectivity index (χ0n) is 10.5. The molecule has 6 nitrogen and oxygen atoms in total. The highest BCUT2D eigenvalue weighted by molar-refractivity contribution is 5.92. The molecule has 0 heterocycles. The molecule has 5 N–H and O–H groups in total. The number of carbonyl (C=O) groups is 1. The molecule has 0 aliphatic carbocycles. The summed E-state index contributed by atoms with van der Waals surface area (Å²) in [6, 6.07) is 3.91. The number of amides is 1. The van der Waals surface area contributed by atoms with E-state index in [9.17, 15) is 9.18 Å². The smallest absolute Gasteiger partial charge is 0.238 e. The van der Waals surface area contributed by atoms with E-state index in [1.165, 1.54) is 18.2 Å². The third-order valence-electron chi connectivity index (χ3n) is 2.48. The number of rotatable bonds is 7. The Morgan fingerprint density at radius 3 is 2.47 bits per heavy atom. The predicted molar refractivity (Wildman–Crippen MR) is 70.1 cm³/mol. The summed E-state index contributed by atoms with van der Waals surface area (Å²) in [7, 11) is 0. The molecule has 0 aliphatic heterocycles. The molecule has 7 heteroatoms. The fourth-order valence-electron chi connectivity index (χ4n) is 1.58. The largest absolute Gasteiger partial charge is 0.396 e. The van der Waals surface area contributed by atoms with Crippen molar-refractivity contribution in [1.29, 1.82) is 0 Å². The Bertz CT molecular complexity index is 423. The van der Waals surface area contributed by atoms with Gasteiger partial charge in [-0.25, -0.2) is 4.39 Å². The fraction of sp³-hybridized carbons (Fsp3) is 0.417. The van der Waals surface area contributed by atoms with Gasteiger partial charge < -0.3 is 21.3 Å². The number of aliphatic hydroxyl groups is 2. The van der Waals surface area contributed by atoms with Gasteiger partial charge in [-0.3, -0.25) is 9.69 Å². The number of carbonyl (C=O) groups excluding carboxylic acids is 1. The van der Waals surface area contributed by atoms with Crippen LogP contribution in [0.1, 0.15) is 0 Å². The van der Waals surface area contributed by atoms with Gasteiger partial charge in [-0.2, -0.15) is 0 Å². The molecule has 0 spiro atoms. The van der Waals surface area contributed by atoms with Gasteiger partial charge in [0.05, 0.1) is 25.4 Å². The number of halogens is 1. The van der Waals surface area contributed by atoms with Crippen LogP contribution < -0.4 is 11.1 Å². The number of nitrogens with one attached hydrogen (secondary N) is 1. The number of nitrogen functional groups attached to an aromatic ring is 1. The van der Waals surface area contributed by atoms with E-state index >= 15 is 0 Å². The number of benzene rings is 1. The van der Waals surface area contributed by atoms with Crippen LogP contribution in [0.5, 0.6) is 0 Å². The molecule has 1 aromatic carbocycles. The monoisotopic (exact) mass is 271 g/mol. The molecular formula is C12H18FN3O3. The van der Waals surface area contributed by atoms with E-state index in [1.54, 1.807) is 4.90 Å². The highest BCUT2D eigenvalue weighted by atomic mass is 19.1. The second-order valence-corrected chi connectivity index (χ2v) is 4.01. The topological polar surface area (TPSA) is 98.8 Å². The quantitative estimate of drug-likeness (QED) is 0.507. The lowest BCUT2D eigenvalue weighted by molar-refractivity contribution is -0.117. The van der Waals surface area contributed by atoms with Gasteiger partial charge in [-0.15, -0.1) is 0 Å². The van der Waals surface area contributed by atoms with Gasteiger partial charge in [-0.1, -0.05) is 0 Å². The number of nitrogens with zero attached hydrogens (tertiary/aromatic N) is 1. The van der Waals surface area contributed by atoms with E-state index in [2.05, 4.69) is 5.32 Å². The van der Waals surface area contributed by atoms with E-state index in [0.717, 1.165) is 0 Å². The minimum Gasteiger partial charge on any atom is -0.396 e. The van der Waals surface area contributed by atoms with Gasteiger partial charge in [-0.05, 0) is 18.2 Å². The summed E-state index contributed by atoms with van der Waals surface area (Å²) >= 11 is 0. The van der Waals surface area contributed by atoms with Gasteiger partial charge in [0, 0.05) is 18.8 Å². The van der Waals surface area contributed by atoms with Crippen molar-refractivity contribution in [2.45, 2.75) is 0 Å². The first-order valence-electron chi connectivity index (χ1n) is 5.85. The minimum atomic E-state index is -0.541. The molecule has 1 rings (SSSR count). The Morgan fingerprint density at radius 2 is 1.95 bits per heavy atom. The van der Waals surface area contributed by atoms with Crippen molar-refractivity contribution in [2.75, 3.05) is 43.9 Å². The maximum absolute atomic E-state index is 12.9. The maximum Gasteiger partial charge on any atom is 0.238 e. The first kappa shape index (κ1) is 15.4. The lowest BCUT2D eigenvalue weighted by atomic mass is 10.2. The average Bonchev–Trinajstić information content (AvgIpc) is 2.34. The van der Waals surface area contributed by atoms with Gasteiger partial charge >= 0.3 is 0 Å². The minimum absolute atomic E-state index is 0.0262. The third-order valence-corrected chi connectivity index (χ3v) is 2.48. The van der Waals surface area contributed by atoms with Crippen molar-refractivity contribution >= 4 is 17.3 Å². The maximum atomic E-state index is 12.9. The average molecular weight is 271 g/mol. The van der Waals surface area contributed by atoms with Crippen LogP contribution in [0.4, 0.5) is 15.8 Å². The van der Waals surface area contributed by atoms with E-state index in [4.69, 9.17) is 15.9 Å². The van der Waals surface area contributed by atoms with Gasteiger partial charge in [0.2, 0.25) is 5.91 Å². The molecule has 0 saturated heterocycles. The number of hydrogen-bond acceptors (Lipinski definition) is 5. The summed E-state index contributed by atoms with van der Waals surface area (Å²) in [5, 5.41) is 20.2. The van der Waals surface area contributed by atoms with Crippen LogP contribution in [-0.2, 0) is 4.79 Å². The second kappa shape index (κ2) is 7.67. The number of anilines is 2. The highest BCUT2D eigenvalue weighted by Crippen LogP contribution is 2.16. The lowest BCUT2D eigenvalue weighted by Gasteiger charge is -2.19. The summed E-state index contributed by atoms with van der Waals surface area (Å²) in [5.74, 6) is -0.868. The van der Waals surface area contributed by atoms with Crippen LogP contribution in [-0.4, -0.2) is 53.9 Å². The first-order valence-corrected chi connectivity index (χ1v) is 5.85. The molecular weight excluding hydrogens is 253 g/mol. The molecule has 0 unspecified atom stereocenters. The van der Waals surface area contributed by atoms with Crippen molar-refractivity contribution in [3.63, 3.8) is 0 Å². The SMILES string of the molecule is Nc1cc(NC(=O)CN(CCO)CCO)ccc1F. The predicted octanol–water partition coefficient (Wildman–Crippen LogP) is -0.367. The highest BCUT2D eigenvalue weighted by Gasteiger charge is 2.10. The molecule has 1 aromatic rings. The normalized spacial score (nSPS) is 10.7. The Balaban J connectivity index is 2.55. The lowest BCUT2D eigenvalue weighted by Crippen LogP contribution is -2.37. The fourth-order valence-corrected chi connectivity index (χ4v) is 1.58. The standard InChI is InChI=1S/C12H18FN3O3/c13-10-2-1-9(7-11(10)14)15-12(19)8-16(3-5-17)4-6-18/h1-2,7,17-18H,3-6,8,14H2,(H,15,19). The van der Waals surface area contributed by atoms with Crippen molar-refractivity contribution < 1.29 is 19.4 Å². The van der Waals surface area contributed by atoms with Crippen molar-refractivity contribution in [3.8, 4) is 0 Å². The molecule has 0 aliphatic rings. The van der Waals surface area contributed by atoms with Crippen LogP contribution in [0.2, 0.25) is 0 Å². The van der Waals surface area contributed by atoms with Crippen molar-refractivity contribution in [1.82, 2.24) is 4.90 Å². The molecule has 0 aromatic heterocycles. The Labute approximate surface area is 110 Å². The van der Waals surface area contributed by atoms with Crippen LogP contribution >= 0.6 is 0 Å². The summed E-state index contributed by atoms with van der Waals surface area (Å²) in [5.41, 5.74) is 5.75. The second-order valence-electron chi connectivity index (χ2n) is 4.01. The van der Waals surface area contributed by atoms with Crippen LogP contribution in [0.25, 0.3) is 0 Å². The van der Waals surface area contributed by atoms with Crippen LogP contribution in [0, 0.1) is 5.82 Å². The molecule has 19 heavy (non-hydrogen) atoms. The summed E-state index contributed by atoms with van der Waals surface area (Å²) in [6.45, 7) is 0.408. The number of hydrogen-bond donors (Lipinski definition) is 4. The molecule has 106 valence electrons. The van der Waals surface area contributed by atoms with Crippen molar-refractivity contribution in [3.05, 3.63) is 24.0 Å². The summed E-state index contributed by atoms with van der Waals surface area (Å²) < 4.78 is 12.9. The molecule has 1 amide bonds. The Morgan fingerprint density at radius 1 is 1.32 bits per heavy atom.